The van der Waals surface area contributed by atoms with Crippen LogP contribution in [-0.4, -0.2) is 30.7 Å². The van der Waals surface area contributed by atoms with Crippen LogP contribution in [-0.2, 0) is 9.84 Å². The summed E-state index contributed by atoms with van der Waals surface area (Å²) in [5.41, 5.74) is 0.751. The van der Waals surface area contributed by atoms with Crippen molar-refractivity contribution in [2.75, 3.05) is 11.6 Å². The Morgan fingerprint density at radius 1 is 1.23 bits per heavy atom. The maximum Gasteiger partial charge on any atom is 0.279 e. The van der Waals surface area contributed by atoms with Gasteiger partial charge in [-0.3, -0.25) is 10.1 Å². The molecule has 4 rings (SSSR count). The number of hydrogen-bond acceptors (Lipinski definition) is 8. The predicted molar refractivity (Wildman–Crippen MR) is 100 cm³/mol. The van der Waals surface area contributed by atoms with Crippen molar-refractivity contribution in [2.24, 2.45) is 0 Å². The van der Waals surface area contributed by atoms with Crippen LogP contribution in [0.15, 0.2) is 51.2 Å². The highest BCUT2D eigenvalue weighted by atomic mass is 32.2. The molecule has 0 spiro atoms. The molecule has 3 aromatic heterocycles. The van der Waals surface area contributed by atoms with Crippen molar-refractivity contribution >= 4 is 53.8 Å². The zero-order valence-electron chi connectivity index (χ0n) is 13.3. The summed E-state index contributed by atoms with van der Waals surface area (Å²) in [5, 5.41) is 8.71. The number of anilines is 1. The molecule has 132 valence electrons. The van der Waals surface area contributed by atoms with Crippen molar-refractivity contribution in [1.82, 2.24) is 10.1 Å². The van der Waals surface area contributed by atoms with Gasteiger partial charge in [0.2, 0.25) is 0 Å². The van der Waals surface area contributed by atoms with Crippen molar-refractivity contribution in [3.63, 3.8) is 0 Å². The highest BCUT2D eigenvalue weighted by Crippen LogP contribution is 2.29. The molecule has 0 saturated heterocycles. The molecule has 1 N–H and O–H groups in total. The third-order valence-electron chi connectivity index (χ3n) is 3.52. The molecule has 1 aromatic carbocycles. The van der Waals surface area contributed by atoms with Crippen LogP contribution < -0.4 is 5.32 Å². The van der Waals surface area contributed by atoms with E-state index in [1.165, 1.54) is 28.7 Å². The van der Waals surface area contributed by atoms with Crippen molar-refractivity contribution in [2.45, 2.75) is 4.90 Å². The third kappa shape index (κ3) is 3.26. The molecule has 0 radical (unpaired) electrons. The van der Waals surface area contributed by atoms with Crippen molar-refractivity contribution in [1.29, 1.82) is 0 Å². The van der Waals surface area contributed by atoms with Gasteiger partial charge < -0.3 is 4.52 Å². The fraction of sp³-hybridized carbons (Fsp3) is 0.0625. The first-order valence-corrected chi connectivity index (χ1v) is 10.9. The lowest BCUT2D eigenvalue weighted by atomic mass is 10.3. The molecule has 4 aromatic rings. The second-order valence-electron chi connectivity index (χ2n) is 5.43. The van der Waals surface area contributed by atoms with E-state index in [1.807, 2.05) is 17.5 Å². The summed E-state index contributed by atoms with van der Waals surface area (Å²) in [6.45, 7) is 0. The Morgan fingerprint density at radius 2 is 2.08 bits per heavy atom. The summed E-state index contributed by atoms with van der Waals surface area (Å²) in [6.07, 6.45) is 1.15. The Hall–Kier alpha value is -2.56. The number of carbonyl (C=O) groups is 1. The molecular formula is C16H11N3O4S3. The lowest BCUT2D eigenvalue weighted by Crippen LogP contribution is -2.11. The minimum Gasteiger partial charge on any atom is -0.355 e. The van der Waals surface area contributed by atoms with Crippen LogP contribution in [0.25, 0.3) is 20.9 Å². The molecule has 3 heterocycles. The van der Waals surface area contributed by atoms with Gasteiger partial charge in [-0.1, -0.05) is 22.6 Å². The normalized spacial score (nSPS) is 11.7. The molecule has 0 fully saturated rings. The number of rotatable bonds is 4. The summed E-state index contributed by atoms with van der Waals surface area (Å²) in [7, 11) is -3.30. The first kappa shape index (κ1) is 16.9. The highest BCUT2D eigenvalue weighted by Gasteiger charge is 2.17. The van der Waals surface area contributed by atoms with Gasteiger partial charge in [-0.05, 0) is 29.6 Å². The average molecular weight is 405 g/mol. The Bertz CT molecular complexity index is 1210. The summed E-state index contributed by atoms with van der Waals surface area (Å²) < 4.78 is 29.2. The van der Waals surface area contributed by atoms with E-state index >= 15 is 0 Å². The first-order valence-electron chi connectivity index (χ1n) is 7.33. The number of amides is 1. The van der Waals surface area contributed by atoms with Gasteiger partial charge in [0.25, 0.3) is 5.91 Å². The zero-order valence-corrected chi connectivity index (χ0v) is 15.7. The molecule has 7 nitrogen and oxygen atoms in total. The lowest BCUT2D eigenvalue weighted by Gasteiger charge is -1.96. The number of nitrogens with one attached hydrogen (secondary N) is 1. The molecule has 0 unspecified atom stereocenters. The van der Waals surface area contributed by atoms with Crippen molar-refractivity contribution in [3.05, 3.63) is 47.5 Å². The number of benzene rings is 1. The van der Waals surface area contributed by atoms with Crippen LogP contribution in [0.3, 0.4) is 0 Å². The number of thiophene rings is 1. The molecule has 0 aliphatic heterocycles. The SMILES string of the molecule is CS(=O)(=O)c1ccc2nc(NC(=O)c3cc(-c4cccs4)on3)sc2c1. The second-order valence-corrected chi connectivity index (χ2v) is 9.42. The van der Waals surface area contributed by atoms with E-state index in [2.05, 4.69) is 15.5 Å². The number of fused-ring (bicyclic) bond motifs is 1. The minimum atomic E-state index is -3.30. The van der Waals surface area contributed by atoms with Crippen LogP contribution in [0.4, 0.5) is 5.13 Å². The summed E-state index contributed by atoms with van der Waals surface area (Å²) in [4.78, 5) is 17.7. The Labute approximate surface area is 156 Å². The van der Waals surface area contributed by atoms with E-state index < -0.39 is 15.7 Å². The maximum atomic E-state index is 12.3. The molecule has 0 bridgehead atoms. The van der Waals surface area contributed by atoms with Crippen LogP contribution in [0.1, 0.15) is 10.5 Å². The van der Waals surface area contributed by atoms with Gasteiger partial charge >= 0.3 is 0 Å². The lowest BCUT2D eigenvalue weighted by molar-refractivity contribution is 0.101. The summed E-state index contributed by atoms with van der Waals surface area (Å²) in [6, 6.07) is 9.98. The molecule has 0 aliphatic carbocycles. The van der Waals surface area contributed by atoms with Crippen molar-refractivity contribution < 1.29 is 17.7 Å². The third-order valence-corrected chi connectivity index (χ3v) is 6.44. The predicted octanol–water partition coefficient (Wildman–Crippen LogP) is 3.67. The van der Waals surface area contributed by atoms with Crippen LogP contribution >= 0.6 is 22.7 Å². The smallest absolute Gasteiger partial charge is 0.279 e. The van der Waals surface area contributed by atoms with Gasteiger partial charge in [0, 0.05) is 12.3 Å². The average Bonchev–Trinajstić information content (AvgIpc) is 3.32. The van der Waals surface area contributed by atoms with E-state index in [-0.39, 0.29) is 10.6 Å². The van der Waals surface area contributed by atoms with Crippen molar-refractivity contribution in [3.8, 4) is 10.6 Å². The van der Waals surface area contributed by atoms with Crippen LogP contribution in [0.5, 0.6) is 0 Å². The first-order chi connectivity index (χ1) is 12.4. The van der Waals surface area contributed by atoms with E-state index in [4.69, 9.17) is 4.52 Å². The molecule has 0 saturated carbocycles. The molecule has 26 heavy (non-hydrogen) atoms. The second kappa shape index (κ2) is 6.31. The van der Waals surface area contributed by atoms with Gasteiger partial charge in [-0.15, -0.1) is 11.3 Å². The summed E-state index contributed by atoms with van der Waals surface area (Å²) in [5.74, 6) is 0.0752. The number of nitrogens with zero attached hydrogens (tertiary/aromatic N) is 2. The Balaban J connectivity index is 1.58. The maximum absolute atomic E-state index is 12.3. The number of thiazole rings is 1. The number of sulfone groups is 1. The van der Waals surface area contributed by atoms with E-state index in [9.17, 15) is 13.2 Å². The van der Waals surface area contributed by atoms with Crippen LogP contribution in [0.2, 0.25) is 0 Å². The largest absolute Gasteiger partial charge is 0.355 e. The number of aromatic nitrogens is 2. The molecule has 1 amide bonds. The quantitative estimate of drug-likeness (QED) is 0.556. The fourth-order valence-electron chi connectivity index (χ4n) is 2.27. The zero-order chi connectivity index (χ0) is 18.3. The monoisotopic (exact) mass is 405 g/mol. The molecule has 0 aliphatic rings. The number of hydrogen-bond donors (Lipinski definition) is 1. The van der Waals surface area contributed by atoms with Gasteiger partial charge in [0.15, 0.2) is 26.4 Å². The topological polar surface area (TPSA) is 102 Å². The standard InChI is InChI=1S/C16H11N3O4S3/c1-26(21,22)9-4-5-10-14(7-9)25-16(17-10)18-15(20)11-8-12(23-19-11)13-3-2-6-24-13/h2-8H,1H3,(H,17,18,20). The summed E-state index contributed by atoms with van der Waals surface area (Å²) >= 11 is 2.68. The van der Waals surface area contributed by atoms with Gasteiger partial charge in [-0.25, -0.2) is 13.4 Å². The minimum absolute atomic E-state index is 0.143. The molecule has 10 heteroatoms. The van der Waals surface area contributed by atoms with Gasteiger partial charge in [-0.2, -0.15) is 0 Å². The van der Waals surface area contributed by atoms with E-state index in [0.717, 1.165) is 11.1 Å². The van der Waals surface area contributed by atoms with E-state index in [0.29, 0.717) is 21.1 Å². The molecule has 0 atom stereocenters. The van der Waals surface area contributed by atoms with Gasteiger partial charge in [0.05, 0.1) is 20.0 Å². The highest BCUT2D eigenvalue weighted by molar-refractivity contribution is 7.90. The Morgan fingerprint density at radius 3 is 2.81 bits per heavy atom. The molecular weight excluding hydrogens is 394 g/mol. The number of carbonyl (C=O) groups excluding carboxylic acids is 1. The van der Waals surface area contributed by atoms with Crippen LogP contribution in [0, 0.1) is 0 Å². The van der Waals surface area contributed by atoms with E-state index in [1.54, 1.807) is 18.2 Å². The van der Waals surface area contributed by atoms with Gasteiger partial charge in [0.1, 0.15) is 0 Å². The fourth-order valence-corrected chi connectivity index (χ4v) is 4.56. The Kier molecular flexibility index (Phi) is 4.10.